The number of carbonyl (C=O) groups excluding carboxylic acids is 1. The Morgan fingerprint density at radius 1 is 1.39 bits per heavy atom. The van der Waals surface area contributed by atoms with Crippen molar-refractivity contribution in [3.8, 4) is 0 Å². The molecule has 2 aromatic heterocycles. The first-order valence-corrected chi connectivity index (χ1v) is 8.20. The lowest BCUT2D eigenvalue weighted by Gasteiger charge is -2.10. The van der Waals surface area contributed by atoms with Gasteiger partial charge in [-0.2, -0.15) is 0 Å². The Morgan fingerprint density at radius 3 is 2.91 bits per heavy atom. The zero-order valence-corrected chi connectivity index (χ0v) is 14.2. The Morgan fingerprint density at radius 2 is 2.17 bits per heavy atom. The summed E-state index contributed by atoms with van der Waals surface area (Å²) >= 11 is 3.65. The molecule has 6 nitrogen and oxygen atoms in total. The van der Waals surface area contributed by atoms with E-state index >= 15 is 0 Å². The summed E-state index contributed by atoms with van der Waals surface area (Å²) in [6, 6.07) is 10.1. The summed E-state index contributed by atoms with van der Waals surface area (Å²) in [6.07, 6.45) is 1.75. The molecule has 7 heteroatoms. The number of imidazole rings is 1. The Kier molecular flexibility index (Phi) is 4.49. The van der Waals surface area contributed by atoms with Gasteiger partial charge < -0.3 is 5.32 Å². The Labute approximate surface area is 141 Å². The third-order valence-corrected chi connectivity index (χ3v) is 4.45. The molecule has 0 aliphatic carbocycles. The molecule has 23 heavy (non-hydrogen) atoms. The van der Waals surface area contributed by atoms with Crippen molar-refractivity contribution in [3.63, 3.8) is 0 Å². The van der Waals surface area contributed by atoms with Crippen LogP contribution in [0.15, 0.2) is 34.9 Å². The molecule has 0 radical (unpaired) electrons. The lowest BCUT2D eigenvalue weighted by atomic mass is 10.2. The summed E-state index contributed by atoms with van der Waals surface area (Å²) in [5.74, 6) is 0.266. The molecule has 3 N–H and O–H groups in total. The zero-order valence-electron chi connectivity index (χ0n) is 12.6. The second kappa shape index (κ2) is 6.55. The van der Waals surface area contributed by atoms with Gasteiger partial charge in [0.05, 0.1) is 12.2 Å². The number of fused-ring (bicyclic) bond motifs is 2. The number of nitrogens with one attached hydrogen (secondary N) is 2. The van der Waals surface area contributed by atoms with E-state index in [4.69, 9.17) is 10.2 Å². The minimum absolute atomic E-state index is 0.0275. The van der Waals surface area contributed by atoms with E-state index in [-0.39, 0.29) is 6.54 Å². The number of nitrogens with zero attached hydrogens (tertiary/aromatic N) is 2. The highest BCUT2D eigenvalue weighted by Gasteiger charge is 2.16. The molecule has 0 aliphatic rings. The first kappa shape index (κ1) is 15.8. The first-order valence-electron chi connectivity index (χ1n) is 7.41. The van der Waals surface area contributed by atoms with Gasteiger partial charge in [-0.15, -0.1) is 0 Å². The van der Waals surface area contributed by atoms with Crippen molar-refractivity contribution in [3.05, 3.63) is 40.6 Å². The minimum Gasteiger partial charge on any atom is -0.360 e. The SMILES string of the molecule is CCCc1nc2cc3ccccc3c(Br)n2c1NCC(=O)NO. The van der Waals surface area contributed by atoms with Crippen LogP contribution in [-0.4, -0.2) is 27.0 Å². The molecule has 1 aromatic carbocycles. The zero-order chi connectivity index (χ0) is 16.4. The fraction of sp³-hybridized carbons (Fsp3) is 0.250. The minimum atomic E-state index is -0.501. The summed E-state index contributed by atoms with van der Waals surface area (Å²) in [7, 11) is 0. The number of aryl methyl sites for hydroxylation is 1. The van der Waals surface area contributed by atoms with Gasteiger partial charge in [-0.05, 0) is 33.8 Å². The molecule has 0 unspecified atom stereocenters. The van der Waals surface area contributed by atoms with Crippen LogP contribution in [0.25, 0.3) is 16.4 Å². The standard InChI is InChI=1S/C16H17BrN4O2/c1-2-5-12-16(18-9-14(22)20-23)21-13(19-12)8-10-6-3-4-7-11(10)15(21)17/h3-4,6-8,18,23H,2,5,9H2,1H3,(H,20,22). The molecule has 3 aromatic rings. The van der Waals surface area contributed by atoms with Crippen molar-refractivity contribution in [2.45, 2.75) is 19.8 Å². The summed E-state index contributed by atoms with van der Waals surface area (Å²) in [4.78, 5) is 16.0. The van der Waals surface area contributed by atoms with Crippen molar-refractivity contribution in [2.75, 3.05) is 11.9 Å². The molecule has 3 rings (SSSR count). The fourth-order valence-corrected chi connectivity index (χ4v) is 3.37. The average molecular weight is 377 g/mol. The fourth-order valence-electron chi connectivity index (χ4n) is 2.65. The maximum atomic E-state index is 11.3. The molecule has 120 valence electrons. The van der Waals surface area contributed by atoms with E-state index in [9.17, 15) is 4.79 Å². The Balaban J connectivity index is 2.19. The van der Waals surface area contributed by atoms with E-state index in [2.05, 4.69) is 28.2 Å². The van der Waals surface area contributed by atoms with Crippen LogP contribution in [0.3, 0.4) is 0 Å². The molecule has 0 saturated heterocycles. The van der Waals surface area contributed by atoms with Gasteiger partial charge in [-0.3, -0.25) is 14.4 Å². The molecule has 2 heterocycles. The van der Waals surface area contributed by atoms with E-state index in [1.54, 1.807) is 5.48 Å². The second-order valence-corrected chi connectivity index (χ2v) is 6.01. The van der Waals surface area contributed by atoms with E-state index in [1.807, 2.05) is 34.7 Å². The van der Waals surface area contributed by atoms with E-state index in [1.165, 1.54) is 0 Å². The van der Waals surface area contributed by atoms with Gasteiger partial charge in [0.25, 0.3) is 5.91 Å². The number of amides is 1. The summed E-state index contributed by atoms with van der Waals surface area (Å²) < 4.78 is 2.84. The molecule has 0 bridgehead atoms. The summed E-state index contributed by atoms with van der Waals surface area (Å²) in [5, 5.41) is 13.9. The smallest absolute Gasteiger partial charge is 0.262 e. The van der Waals surface area contributed by atoms with Crippen LogP contribution in [0, 0.1) is 0 Å². The van der Waals surface area contributed by atoms with Gasteiger partial charge in [0, 0.05) is 5.39 Å². The van der Waals surface area contributed by atoms with Crippen LogP contribution >= 0.6 is 15.9 Å². The number of hydrogen-bond donors (Lipinski definition) is 3. The van der Waals surface area contributed by atoms with Gasteiger partial charge in [-0.1, -0.05) is 37.6 Å². The topological polar surface area (TPSA) is 78.7 Å². The summed E-state index contributed by atoms with van der Waals surface area (Å²) in [5.41, 5.74) is 3.34. The lowest BCUT2D eigenvalue weighted by molar-refractivity contribution is -0.127. The van der Waals surface area contributed by atoms with Crippen LogP contribution in [0.5, 0.6) is 0 Å². The van der Waals surface area contributed by atoms with Gasteiger partial charge in [0.2, 0.25) is 0 Å². The predicted octanol–water partition coefficient (Wildman–Crippen LogP) is 3.12. The highest BCUT2D eigenvalue weighted by molar-refractivity contribution is 9.10. The number of hydroxylamine groups is 1. The molecular weight excluding hydrogens is 360 g/mol. The van der Waals surface area contributed by atoms with Gasteiger partial charge >= 0.3 is 0 Å². The van der Waals surface area contributed by atoms with Crippen molar-refractivity contribution >= 4 is 44.1 Å². The summed E-state index contributed by atoms with van der Waals surface area (Å²) in [6.45, 7) is 2.06. The van der Waals surface area contributed by atoms with Gasteiger partial charge in [0.15, 0.2) is 0 Å². The van der Waals surface area contributed by atoms with Crippen molar-refractivity contribution in [2.24, 2.45) is 0 Å². The second-order valence-electron chi connectivity index (χ2n) is 5.26. The maximum absolute atomic E-state index is 11.3. The quantitative estimate of drug-likeness (QED) is 0.363. The van der Waals surface area contributed by atoms with Crippen LogP contribution < -0.4 is 10.8 Å². The molecular formula is C16H17BrN4O2. The maximum Gasteiger partial charge on any atom is 0.262 e. The number of halogens is 1. The number of hydrogen-bond acceptors (Lipinski definition) is 4. The highest BCUT2D eigenvalue weighted by Crippen LogP contribution is 2.31. The number of aromatic nitrogens is 2. The molecule has 1 amide bonds. The van der Waals surface area contributed by atoms with Crippen LogP contribution in [0.2, 0.25) is 0 Å². The van der Waals surface area contributed by atoms with E-state index < -0.39 is 5.91 Å². The van der Waals surface area contributed by atoms with E-state index in [0.717, 1.165) is 45.4 Å². The largest absolute Gasteiger partial charge is 0.360 e. The Bertz CT molecular complexity index is 875. The number of carbonyl (C=O) groups is 1. The third-order valence-electron chi connectivity index (χ3n) is 3.67. The average Bonchev–Trinajstić information content (AvgIpc) is 2.90. The van der Waals surface area contributed by atoms with Crippen molar-refractivity contribution in [1.82, 2.24) is 14.9 Å². The number of pyridine rings is 1. The normalized spacial score (nSPS) is 11.1. The molecule has 0 saturated carbocycles. The first-order chi connectivity index (χ1) is 11.2. The third kappa shape index (κ3) is 2.89. The van der Waals surface area contributed by atoms with Gasteiger partial charge in [-0.25, -0.2) is 10.5 Å². The van der Waals surface area contributed by atoms with Crippen LogP contribution in [0.1, 0.15) is 19.0 Å². The molecule has 0 aliphatic heterocycles. The van der Waals surface area contributed by atoms with E-state index in [0.29, 0.717) is 0 Å². The molecule has 0 spiro atoms. The van der Waals surface area contributed by atoms with Crippen molar-refractivity contribution in [1.29, 1.82) is 0 Å². The van der Waals surface area contributed by atoms with Crippen molar-refractivity contribution < 1.29 is 10.0 Å². The predicted molar refractivity (Wildman–Crippen MR) is 92.8 cm³/mol. The number of anilines is 1. The van der Waals surface area contributed by atoms with Crippen LogP contribution in [0.4, 0.5) is 5.82 Å². The molecule has 0 atom stereocenters. The Hall–Kier alpha value is -2.12. The highest BCUT2D eigenvalue weighted by atomic mass is 79.9. The molecule has 0 fully saturated rings. The number of benzene rings is 1. The lowest BCUT2D eigenvalue weighted by Crippen LogP contribution is -2.27. The van der Waals surface area contributed by atoms with Crippen LogP contribution in [-0.2, 0) is 11.2 Å². The van der Waals surface area contributed by atoms with Gasteiger partial charge in [0.1, 0.15) is 16.1 Å². The number of rotatable bonds is 5. The monoisotopic (exact) mass is 376 g/mol.